The molecule has 0 radical (unpaired) electrons. The fraction of sp³-hybridized carbons (Fsp3) is 0.562. The minimum absolute atomic E-state index is 0.0357. The van der Waals surface area contributed by atoms with Crippen LogP contribution in [-0.4, -0.2) is 25.0 Å². The number of nitrogens with zero attached hydrogens (tertiary/aromatic N) is 1. The zero-order valence-electron chi connectivity index (χ0n) is 12.6. The largest absolute Gasteiger partial charge is 0.397 e. The van der Waals surface area contributed by atoms with Gasteiger partial charge in [0.1, 0.15) is 0 Å². The Bertz CT molecular complexity index is 487. The number of rotatable bonds is 3. The second-order valence-electron chi connectivity index (χ2n) is 5.82. The second kappa shape index (κ2) is 6.16. The van der Waals surface area contributed by atoms with Gasteiger partial charge in [-0.3, -0.25) is 4.79 Å². The molecule has 1 fully saturated rings. The van der Waals surface area contributed by atoms with E-state index in [9.17, 15) is 4.79 Å². The Labute approximate surface area is 121 Å². The number of benzene rings is 1. The molecule has 1 saturated heterocycles. The molecule has 1 heterocycles. The number of nitrogens with two attached hydrogens (primary N) is 1. The number of carbonyl (C=O) groups is 1. The van der Waals surface area contributed by atoms with Gasteiger partial charge in [-0.25, -0.2) is 0 Å². The van der Waals surface area contributed by atoms with Gasteiger partial charge in [-0.05, 0) is 50.8 Å². The average Bonchev–Trinajstić information content (AvgIpc) is 2.42. The first kappa shape index (κ1) is 14.7. The lowest BCUT2D eigenvalue weighted by atomic mass is 9.94. The Morgan fingerprint density at radius 1 is 1.40 bits per heavy atom. The molecule has 2 rings (SSSR count). The van der Waals surface area contributed by atoms with Crippen LogP contribution < -0.4 is 16.0 Å². The Morgan fingerprint density at radius 3 is 2.85 bits per heavy atom. The summed E-state index contributed by atoms with van der Waals surface area (Å²) >= 11 is 0. The molecule has 20 heavy (non-hydrogen) atoms. The lowest BCUT2D eigenvalue weighted by molar-refractivity contribution is 0.0956. The Kier molecular flexibility index (Phi) is 4.53. The van der Waals surface area contributed by atoms with E-state index in [0.29, 0.717) is 24.1 Å². The molecule has 110 valence electrons. The smallest absolute Gasteiger partial charge is 0.251 e. The van der Waals surface area contributed by atoms with Gasteiger partial charge < -0.3 is 16.0 Å². The maximum Gasteiger partial charge on any atom is 0.251 e. The van der Waals surface area contributed by atoms with Crippen molar-refractivity contribution in [2.45, 2.75) is 39.7 Å². The number of anilines is 2. The van der Waals surface area contributed by atoms with Crippen molar-refractivity contribution in [3.8, 4) is 0 Å². The monoisotopic (exact) mass is 275 g/mol. The summed E-state index contributed by atoms with van der Waals surface area (Å²) in [6.45, 7) is 8.05. The molecule has 2 atom stereocenters. The van der Waals surface area contributed by atoms with Crippen molar-refractivity contribution in [1.29, 1.82) is 0 Å². The van der Waals surface area contributed by atoms with Crippen molar-refractivity contribution >= 4 is 17.3 Å². The number of nitrogens with one attached hydrogen (secondary N) is 1. The fourth-order valence-corrected chi connectivity index (χ4v) is 2.82. The van der Waals surface area contributed by atoms with Crippen LogP contribution in [0.25, 0.3) is 0 Å². The first-order chi connectivity index (χ1) is 9.52. The first-order valence-electron chi connectivity index (χ1n) is 7.47. The van der Waals surface area contributed by atoms with Gasteiger partial charge in [-0.2, -0.15) is 0 Å². The molecule has 4 heteroatoms. The van der Waals surface area contributed by atoms with Crippen molar-refractivity contribution in [3.05, 3.63) is 23.8 Å². The Hall–Kier alpha value is -1.71. The van der Waals surface area contributed by atoms with E-state index in [1.54, 1.807) is 6.07 Å². The zero-order valence-corrected chi connectivity index (χ0v) is 12.6. The molecule has 3 N–H and O–H groups in total. The van der Waals surface area contributed by atoms with E-state index in [0.717, 1.165) is 17.9 Å². The third kappa shape index (κ3) is 3.06. The minimum Gasteiger partial charge on any atom is -0.397 e. The average molecular weight is 275 g/mol. The van der Waals surface area contributed by atoms with Crippen LogP contribution in [0.2, 0.25) is 0 Å². The van der Waals surface area contributed by atoms with Gasteiger partial charge in [0.15, 0.2) is 0 Å². The summed E-state index contributed by atoms with van der Waals surface area (Å²) in [6, 6.07) is 6.03. The van der Waals surface area contributed by atoms with Gasteiger partial charge in [-0.1, -0.05) is 6.92 Å². The van der Waals surface area contributed by atoms with Crippen LogP contribution in [0.5, 0.6) is 0 Å². The van der Waals surface area contributed by atoms with Crippen LogP contribution >= 0.6 is 0 Å². The lowest BCUT2D eigenvalue weighted by Gasteiger charge is -2.39. The standard InChI is InChI=1S/C16H25N3O/c1-4-18-16(20)13-7-8-14(17)15(9-13)19-10-11(2)5-6-12(19)3/h7-9,11-12H,4-6,10,17H2,1-3H3,(H,18,20). The molecule has 0 bridgehead atoms. The highest BCUT2D eigenvalue weighted by atomic mass is 16.1. The second-order valence-corrected chi connectivity index (χ2v) is 5.82. The Morgan fingerprint density at radius 2 is 2.15 bits per heavy atom. The predicted molar refractivity (Wildman–Crippen MR) is 84.1 cm³/mol. The SMILES string of the molecule is CCNC(=O)c1ccc(N)c(N2CC(C)CCC2C)c1. The predicted octanol–water partition coefficient (Wildman–Crippen LogP) is 2.64. The summed E-state index contributed by atoms with van der Waals surface area (Å²) in [7, 11) is 0. The highest BCUT2D eigenvalue weighted by molar-refractivity contribution is 5.96. The summed E-state index contributed by atoms with van der Waals surface area (Å²) < 4.78 is 0. The van der Waals surface area contributed by atoms with Crippen molar-refractivity contribution in [2.75, 3.05) is 23.7 Å². The molecule has 1 aromatic rings. The molecule has 1 aliphatic heterocycles. The van der Waals surface area contributed by atoms with Crippen LogP contribution in [0.3, 0.4) is 0 Å². The number of carbonyl (C=O) groups excluding carboxylic acids is 1. The van der Waals surface area contributed by atoms with E-state index >= 15 is 0 Å². The molecule has 0 aromatic heterocycles. The number of hydrogen-bond donors (Lipinski definition) is 2. The molecule has 0 spiro atoms. The van der Waals surface area contributed by atoms with Crippen LogP contribution in [-0.2, 0) is 0 Å². The van der Waals surface area contributed by atoms with E-state index in [4.69, 9.17) is 5.73 Å². The maximum absolute atomic E-state index is 12.0. The van der Waals surface area contributed by atoms with Gasteiger partial charge >= 0.3 is 0 Å². The highest BCUT2D eigenvalue weighted by Crippen LogP contribution is 2.32. The third-order valence-electron chi connectivity index (χ3n) is 4.06. The maximum atomic E-state index is 12.0. The van der Waals surface area contributed by atoms with Gasteiger partial charge in [0.05, 0.1) is 11.4 Å². The van der Waals surface area contributed by atoms with Gasteiger partial charge in [0, 0.05) is 24.7 Å². The van der Waals surface area contributed by atoms with Gasteiger partial charge in [0.25, 0.3) is 5.91 Å². The summed E-state index contributed by atoms with van der Waals surface area (Å²) in [5.74, 6) is 0.630. The number of nitrogen functional groups attached to an aromatic ring is 1. The fourth-order valence-electron chi connectivity index (χ4n) is 2.82. The summed E-state index contributed by atoms with van der Waals surface area (Å²) in [4.78, 5) is 14.3. The lowest BCUT2D eigenvalue weighted by Crippen LogP contribution is -2.41. The molecular weight excluding hydrogens is 250 g/mol. The van der Waals surface area contributed by atoms with E-state index in [-0.39, 0.29) is 5.91 Å². The van der Waals surface area contributed by atoms with E-state index in [1.165, 1.54) is 12.8 Å². The van der Waals surface area contributed by atoms with Crippen molar-refractivity contribution < 1.29 is 4.79 Å². The molecule has 1 aromatic carbocycles. The first-order valence-corrected chi connectivity index (χ1v) is 7.47. The minimum atomic E-state index is -0.0357. The number of hydrogen-bond acceptors (Lipinski definition) is 3. The molecular formula is C16H25N3O. The van der Waals surface area contributed by atoms with E-state index in [2.05, 4.69) is 24.1 Å². The van der Waals surface area contributed by atoms with Crippen LogP contribution in [0.4, 0.5) is 11.4 Å². The molecule has 1 amide bonds. The zero-order chi connectivity index (χ0) is 14.7. The topological polar surface area (TPSA) is 58.4 Å². The quantitative estimate of drug-likeness (QED) is 0.834. The summed E-state index contributed by atoms with van der Waals surface area (Å²) in [5.41, 5.74) is 8.55. The number of piperidine rings is 1. The molecule has 4 nitrogen and oxygen atoms in total. The Balaban J connectivity index is 2.30. The van der Waals surface area contributed by atoms with Gasteiger partial charge in [-0.15, -0.1) is 0 Å². The van der Waals surface area contributed by atoms with Crippen molar-refractivity contribution in [2.24, 2.45) is 5.92 Å². The molecule has 1 aliphatic rings. The summed E-state index contributed by atoms with van der Waals surface area (Å²) in [5, 5.41) is 2.83. The van der Waals surface area contributed by atoms with E-state index < -0.39 is 0 Å². The van der Waals surface area contributed by atoms with Crippen molar-refractivity contribution in [1.82, 2.24) is 5.32 Å². The van der Waals surface area contributed by atoms with Crippen LogP contribution in [0.1, 0.15) is 44.0 Å². The molecule has 0 saturated carbocycles. The normalized spacial score (nSPS) is 22.6. The van der Waals surface area contributed by atoms with Crippen molar-refractivity contribution in [3.63, 3.8) is 0 Å². The van der Waals surface area contributed by atoms with E-state index in [1.807, 2.05) is 19.1 Å². The molecule has 0 aliphatic carbocycles. The molecule has 2 unspecified atom stereocenters. The highest BCUT2D eigenvalue weighted by Gasteiger charge is 2.25. The third-order valence-corrected chi connectivity index (χ3v) is 4.06. The van der Waals surface area contributed by atoms with Gasteiger partial charge in [0.2, 0.25) is 0 Å². The summed E-state index contributed by atoms with van der Waals surface area (Å²) in [6.07, 6.45) is 2.43. The van der Waals surface area contributed by atoms with Crippen LogP contribution in [0, 0.1) is 5.92 Å². The number of amides is 1. The van der Waals surface area contributed by atoms with Crippen LogP contribution in [0.15, 0.2) is 18.2 Å².